The highest BCUT2D eigenvalue weighted by Gasteiger charge is 2.19. The molecular formula is C18H22N2O5. The Morgan fingerprint density at radius 2 is 2.04 bits per heavy atom. The van der Waals surface area contributed by atoms with Crippen molar-refractivity contribution in [2.45, 2.75) is 20.3 Å². The van der Waals surface area contributed by atoms with Gasteiger partial charge < -0.3 is 19.7 Å². The minimum Gasteiger partial charge on any atom is -0.507 e. The summed E-state index contributed by atoms with van der Waals surface area (Å²) in [4.78, 5) is 38.0. The van der Waals surface area contributed by atoms with Crippen LogP contribution >= 0.6 is 0 Å². The van der Waals surface area contributed by atoms with Gasteiger partial charge in [-0.1, -0.05) is 0 Å². The molecule has 0 aliphatic carbocycles. The number of likely N-dealkylation sites (N-methyl/N-ethyl adjacent to an activating group) is 1. The molecule has 0 unspecified atom stereocenters. The van der Waals surface area contributed by atoms with E-state index in [-0.39, 0.29) is 51.4 Å². The molecule has 1 aromatic heterocycles. The maximum atomic E-state index is 12.8. The molecule has 0 atom stereocenters. The molecule has 25 heavy (non-hydrogen) atoms. The van der Waals surface area contributed by atoms with Gasteiger partial charge in [0, 0.05) is 18.7 Å². The first-order valence-corrected chi connectivity index (χ1v) is 7.91. The van der Waals surface area contributed by atoms with Gasteiger partial charge in [-0.05, 0) is 39.6 Å². The normalized spacial score (nSPS) is 11.1. The van der Waals surface area contributed by atoms with Gasteiger partial charge in [-0.2, -0.15) is 0 Å². The number of hydrogen-bond acceptors (Lipinski definition) is 6. The van der Waals surface area contributed by atoms with E-state index in [9.17, 15) is 19.5 Å². The molecule has 0 saturated carbocycles. The van der Waals surface area contributed by atoms with Gasteiger partial charge >= 0.3 is 0 Å². The Morgan fingerprint density at radius 1 is 1.36 bits per heavy atom. The number of nitrogens with one attached hydrogen (secondary N) is 1. The van der Waals surface area contributed by atoms with Gasteiger partial charge in [0.1, 0.15) is 11.5 Å². The highest BCUT2D eigenvalue weighted by Crippen LogP contribution is 2.29. The summed E-state index contributed by atoms with van der Waals surface area (Å²) in [6.45, 7) is 4.33. The van der Waals surface area contributed by atoms with E-state index in [2.05, 4.69) is 5.32 Å². The van der Waals surface area contributed by atoms with E-state index in [0.29, 0.717) is 24.9 Å². The minimum absolute atomic E-state index is 0.0392. The Labute approximate surface area is 145 Å². The molecule has 1 aromatic carbocycles. The number of phenolic OH excluding ortho intramolecular Hbond substituents is 1. The van der Waals surface area contributed by atoms with E-state index in [4.69, 9.17) is 4.42 Å². The second-order valence-electron chi connectivity index (χ2n) is 6.25. The number of aryl methyl sites for hydroxylation is 2. The topological polar surface area (TPSA) is 99.9 Å². The fourth-order valence-corrected chi connectivity index (χ4v) is 2.59. The summed E-state index contributed by atoms with van der Waals surface area (Å²) < 4.78 is 5.60. The van der Waals surface area contributed by atoms with Crippen LogP contribution in [0.5, 0.6) is 5.75 Å². The molecule has 0 fully saturated rings. The van der Waals surface area contributed by atoms with Gasteiger partial charge in [-0.3, -0.25) is 14.4 Å². The average Bonchev–Trinajstić information content (AvgIpc) is 2.54. The predicted molar refractivity (Wildman–Crippen MR) is 94.3 cm³/mol. The van der Waals surface area contributed by atoms with Crippen molar-refractivity contribution in [3.8, 4) is 5.75 Å². The standard InChI is InChI=1S/C18H22N2O5/c1-10-7-13-17(24)12(8-15(22)19-5-6-20(3)4)11(2)25-18(13)14(9-21)16(10)23/h7,9,23H,5-6,8H2,1-4H3,(H,19,22). The monoisotopic (exact) mass is 346 g/mol. The van der Waals surface area contributed by atoms with Gasteiger partial charge in [-0.25, -0.2) is 0 Å². The molecule has 0 aliphatic heterocycles. The van der Waals surface area contributed by atoms with Crippen LogP contribution in [-0.2, 0) is 11.2 Å². The van der Waals surface area contributed by atoms with Crippen molar-refractivity contribution >= 4 is 23.2 Å². The number of carbonyl (C=O) groups is 2. The van der Waals surface area contributed by atoms with Crippen molar-refractivity contribution in [1.29, 1.82) is 0 Å². The minimum atomic E-state index is -0.368. The number of aromatic hydroxyl groups is 1. The van der Waals surface area contributed by atoms with Crippen LogP contribution in [0.15, 0.2) is 15.3 Å². The summed E-state index contributed by atoms with van der Waals surface area (Å²) in [6, 6.07) is 1.47. The summed E-state index contributed by atoms with van der Waals surface area (Å²) in [7, 11) is 3.80. The zero-order chi connectivity index (χ0) is 18.7. The number of aldehydes is 1. The average molecular weight is 346 g/mol. The lowest BCUT2D eigenvalue weighted by atomic mass is 10.0. The second-order valence-corrected chi connectivity index (χ2v) is 6.25. The maximum absolute atomic E-state index is 12.8. The van der Waals surface area contributed by atoms with Crippen molar-refractivity contribution in [3.05, 3.63) is 38.7 Å². The summed E-state index contributed by atoms with van der Waals surface area (Å²) in [5, 5.41) is 12.9. The van der Waals surface area contributed by atoms with E-state index in [1.165, 1.54) is 6.07 Å². The molecule has 134 valence electrons. The summed E-state index contributed by atoms with van der Waals surface area (Å²) in [5.74, 6) is -0.228. The molecule has 1 heterocycles. The first-order chi connectivity index (χ1) is 11.8. The van der Waals surface area contributed by atoms with Crippen LogP contribution in [0.2, 0.25) is 0 Å². The van der Waals surface area contributed by atoms with E-state index in [1.54, 1.807) is 13.8 Å². The van der Waals surface area contributed by atoms with Crippen molar-refractivity contribution in [3.63, 3.8) is 0 Å². The Morgan fingerprint density at radius 3 is 2.64 bits per heavy atom. The molecule has 0 radical (unpaired) electrons. The summed E-state index contributed by atoms with van der Waals surface area (Å²) in [6.07, 6.45) is 0.356. The molecule has 2 rings (SSSR count). The fraction of sp³-hybridized carbons (Fsp3) is 0.389. The van der Waals surface area contributed by atoms with E-state index in [1.807, 2.05) is 19.0 Å². The lowest BCUT2D eigenvalue weighted by molar-refractivity contribution is -0.120. The Bertz CT molecular complexity index is 883. The van der Waals surface area contributed by atoms with Crippen LogP contribution < -0.4 is 10.7 Å². The molecule has 0 saturated heterocycles. The number of nitrogens with zero attached hydrogens (tertiary/aromatic N) is 1. The lowest BCUT2D eigenvalue weighted by Crippen LogP contribution is -2.33. The van der Waals surface area contributed by atoms with Crippen molar-refractivity contribution in [1.82, 2.24) is 10.2 Å². The number of hydrogen-bond donors (Lipinski definition) is 2. The number of amides is 1. The number of rotatable bonds is 6. The highest BCUT2D eigenvalue weighted by molar-refractivity contribution is 5.98. The number of carbonyl (C=O) groups excluding carboxylic acids is 2. The van der Waals surface area contributed by atoms with Crippen LogP contribution in [0, 0.1) is 13.8 Å². The number of benzene rings is 1. The number of phenols is 1. The third kappa shape index (κ3) is 3.88. The van der Waals surface area contributed by atoms with Crippen LogP contribution in [0.4, 0.5) is 0 Å². The Balaban J connectivity index is 2.42. The van der Waals surface area contributed by atoms with E-state index < -0.39 is 0 Å². The van der Waals surface area contributed by atoms with Gasteiger partial charge in [0.2, 0.25) is 5.91 Å². The largest absolute Gasteiger partial charge is 0.507 e. The molecule has 2 N–H and O–H groups in total. The van der Waals surface area contributed by atoms with Crippen LogP contribution in [-0.4, -0.2) is 49.4 Å². The van der Waals surface area contributed by atoms with Crippen molar-refractivity contribution in [2.24, 2.45) is 0 Å². The molecule has 0 spiro atoms. The maximum Gasteiger partial charge on any atom is 0.224 e. The van der Waals surface area contributed by atoms with Gasteiger partial charge in [0.15, 0.2) is 17.3 Å². The molecule has 1 amide bonds. The lowest BCUT2D eigenvalue weighted by Gasteiger charge is -2.12. The molecule has 0 bridgehead atoms. The highest BCUT2D eigenvalue weighted by atomic mass is 16.3. The summed E-state index contributed by atoms with van der Waals surface area (Å²) in [5.41, 5.74) is 0.256. The molecular weight excluding hydrogens is 324 g/mol. The SMILES string of the molecule is Cc1cc2c(=O)c(CC(=O)NCCN(C)C)c(C)oc2c(C=O)c1O. The van der Waals surface area contributed by atoms with Crippen LogP contribution in [0.1, 0.15) is 27.2 Å². The van der Waals surface area contributed by atoms with Crippen molar-refractivity contribution < 1.29 is 19.1 Å². The smallest absolute Gasteiger partial charge is 0.224 e. The van der Waals surface area contributed by atoms with E-state index in [0.717, 1.165) is 0 Å². The quantitative estimate of drug-likeness (QED) is 0.761. The van der Waals surface area contributed by atoms with Crippen LogP contribution in [0.25, 0.3) is 11.0 Å². The molecule has 7 nitrogen and oxygen atoms in total. The first kappa shape index (κ1) is 18.7. The molecule has 2 aromatic rings. The van der Waals surface area contributed by atoms with Crippen LogP contribution in [0.3, 0.4) is 0 Å². The fourth-order valence-electron chi connectivity index (χ4n) is 2.59. The third-order valence-corrected chi connectivity index (χ3v) is 4.01. The summed E-state index contributed by atoms with van der Waals surface area (Å²) >= 11 is 0. The van der Waals surface area contributed by atoms with Gasteiger partial charge in [0.25, 0.3) is 0 Å². The third-order valence-electron chi connectivity index (χ3n) is 4.01. The predicted octanol–water partition coefficient (Wildman–Crippen LogP) is 1.15. The number of fused-ring (bicyclic) bond motifs is 1. The molecule has 7 heteroatoms. The van der Waals surface area contributed by atoms with Crippen molar-refractivity contribution in [2.75, 3.05) is 27.2 Å². The Hall–Kier alpha value is -2.67. The zero-order valence-corrected chi connectivity index (χ0v) is 14.8. The zero-order valence-electron chi connectivity index (χ0n) is 14.8. The Kier molecular flexibility index (Phi) is 5.58. The van der Waals surface area contributed by atoms with E-state index >= 15 is 0 Å². The second kappa shape index (κ2) is 7.48. The van der Waals surface area contributed by atoms with Gasteiger partial charge in [0.05, 0.1) is 17.4 Å². The molecule has 0 aliphatic rings. The van der Waals surface area contributed by atoms with Gasteiger partial charge in [-0.15, -0.1) is 0 Å². The first-order valence-electron chi connectivity index (χ1n) is 7.91.